The number of aliphatic hydroxyl groups is 1. The molecule has 2 aromatic carbocycles. The minimum absolute atomic E-state index is 0.0832. The van der Waals surface area contributed by atoms with Crippen molar-refractivity contribution >= 4 is 17.7 Å². The number of aliphatic hydroxyl groups excluding tert-OH is 1. The van der Waals surface area contributed by atoms with Crippen LogP contribution in [0.1, 0.15) is 84.8 Å². The van der Waals surface area contributed by atoms with E-state index < -0.39 is 6.09 Å². The lowest BCUT2D eigenvalue weighted by atomic mass is 9.94. The molecular weight excluding hydrogens is 550 g/mol. The molecule has 1 unspecified atom stereocenters. The summed E-state index contributed by atoms with van der Waals surface area (Å²) in [6.07, 6.45) is 4.58. The number of benzene rings is 2. The number of amides is 1. The van der Waals surface area contributed by atoms with Gasteiger partial charge in [0.05, 0.1) is 0 Å². The lowest BCUT2D eigenvalue weighted by molar-refractivity contribution is -0.117. The van der Waals surface area contributed by atoms with Crippen LogP contribution < -0.4 is 5.32 Å². The molecule has 2 aromatic rings. The molecule has 0 aliphatic heterocycles. The monoisotopic (exact) mass is 599 g/mol. The first-order chi connectivity index (χ1) is 20.8. The molecule has 0 aromatic heterocycles. The van der Waals surface area contributed by atoms with E-state index in [-0.39, 0.29) is 30.7 Å². The second-order valence-corrected chi connectivity index (χ2v) is 10.6. The number of carbonyl (C=O) groups excluding carboxylic acids is 3. The predicted molar refractivity (Wildman–Crippen MR) is 167 cm³/mol. The van der Waals surface area contributed by atoms with Crippen LogP contribution >= 0.6 is 0 Å². The zero-order chi connectivity index (χ0) is 31.5. The van der Waals surface area contributed by atoms with Gasteiger partial charge in [-0.2, -0.15) is 0 Å². The Morgan fingerprint density at radius 3 is 2.09 bits per heavy atom. The van der Waals surface area contributed by atoms with Gasteiger partial charge in [0, 0.05) is 78.1 Å². The second-order valence-electron chi connectivity index (χ2n) is 10.6. The van der Waals surface area contributed by atoms with Crippen LogP contribution in [0.5, 0.6) is 0 Å². The minimum atomic E-state index is -0.464. The van der Waals surface area contributed by atoms with Gasteiger partial charge < -0.3 is 34.2 Å². The summed E-state index contributed by atoms with van der Waals surface area (Å²) in [5.74, 6) is 0.222. The van der Waals surface area contributed by atoms with E-state index in [9.17, 15) is 14.4 Å². The molecule has 3 rings (SSSR count). The zero-order valence-corrected chi connectivity index (χ0v) is 26.2. The van der Waals surface area contributed by atoms with Crippen LogP contribution in [0.25, 0.3) is 11.1 Å². The number of nitrogens with one attached hydrogen (secondary N) is 1. The van der Waals surface area contributed by atoms with E-state index in [2.05, 4.69) is 23.5 Å². The van der Waals surface area contributed by atoms with Gasteiger partial charge in [0.25, 0.3) is 0 Å². The van der Waals surface area contributed by atoms with E-state index >= 15 is 0 Å². The average Bonchev–Trinajstić information content (AvgIpc) is 3.30. The van der Waals surface area contributed by atoms with E-state index in [0.29, 0.717) is 44.6 Å². The number of rotatable bonds is 19. The number of Topliss-reactive ketones (excluding diaryl/α,β-unsaturated/α-hetero) is 2. The number of unbranched alkanes of at least 4 members (excludes halogenated alkanes) is 1. The summed E-state index contributed by atoms with van der Waals surface area (Å²) in [5.41, 5.74) is 6.18. The Bertz CT molecular complexity index is 1150. The van der Waals surface area contributed by atoms with Crippen molar-refractivity contribution < 1.29 is 38.4 Å². The van der Waals surface area contributed by atoms with Gasteiger partial charge in [0.1, 0.15) is 12.4 Å². The Morgan fingerprint density at radius 1 is 0.814 bits per heavy atom. The molecule has 0 radical (unpaired) electrons. The van der Waals surface area contributed by atoms with Crippen molar-refractivity contribution in [3.05, 3.63) is 58.7 Å². The number of ether oxygens (including phenoxy) is 4. The number of fused-ring (bicyclic) bond motifs is 3. The Morgan fingerprint density at radius 2 is 1.44 bits per heavy atom. The van der Waals surface area contributed by atoms with Crippen LogP contribution in [0.4, 0.5) is 4.79 Å². The fourth-order valence-corrected chi connectivity index (χ4v) is 4.79. The molecule has 1 amide bonds. The molecular formula is C34H49NO8. The summed E-state index contributed by atoms with van der Waals surface area (Å²) in [5, 5.41) is 11.3. The van der Waals surface area contributed by atoms with Crippen molar-refractivity contribution in [1.29, 1.82) is 0 Å². The van der Waals surface area contributed by atoms with Gasteiger partial charge in [-0.15, -0.1) is 0 Å². The maximum Gasteiger partial charge on any atom is 0.406 e. The Balaban J connectivity index is 0.000000455. The first-order valence-corrected chi connectivity index (χ1v) is 15.2. The fourth-order valence-electron chi connectivity index (χ4n) is 4.79. The topological polar surface area (TPSA) is 120 Å². The van der Waals surface area contributed by atoms with Gasteiger partial charge in [-0.3, -0.25) is 4.79 Å². The highest BCUT2D eigenvalue weighted by atomic mass is 16.5. The van der Waals surface area contributed by atoms with Crippen molar-refractivity contribution in [2.24, 2.45) is 0 Å². The SMILES string of the molecule is CNC(=O)OCC1c2cc(C)ccc2-c2ccc(C(=O)CCCOCCCCO)cc21.COCCCOCCCC(C)=O. The Hall–Kier alpha value is -3.11. The summed E-state index contributed by atoms with van der Waals surface area (Å²) >= 11 is 0. The first kappa shape index (κ1) is 36.1. The number of aryl methyl sites for hydroxylation is 1. The smallest absolute Gasteiger partial charge is 0.406 e. The molecule has 9 heteroatoms. The maximum absolute atomic E-state index is 12.7. The van der Waals surface area contributed by atoms with Crippen LogP contribution in [0.15, 0.2) is 36.4 Å². The van der Waals surface area contributed by atoms with E-state index in [1.54, 1.807) is 14.0 Å². The van der Waals surface area contributed by atoms with Gasteiger partial charge in [-0.1, -0.05) is 35.9 Å². The molecule has 238 valence electrons. The molecule has 9 nitrogen and oxygen atoms in total. The molecule has 0 saturated heterocycles. The molecule has 1 aliphatic rings. The maximum atomic E-state index is 12.7. The zero-order valence-electron chi connectivity index (χ0n) is 26.2. The van der Waals surface area contributed by atoms with Gasteiger partial charge in [-0.05, 0) is 74.3 Å². The van der Waals surface area contributed by atoms with E-state index in [4.69, 9.17) is 24.1 Å². The highest BCUT2D eigenvalue weighted by Gasteiger charge is 2.30. The lowest BCUT2D eigenvalue weighted by Crippen LogP contribution is -2.22. The predicted octanol–water partition coefficient (Wildman–Crippen LogP) is 5.62. The van der Waals surface area contributed by atoms with Crippen molar-refractivity contribution in [3.63, 3.8) is 0 Å². The quantitative estimate of drug-likeness (QED) is 0.158. The third kappa shape index (κ3) is 13.0. The summed E-state index contributed by atoms with van der Waals surface area (Å²) in [6, 6.07) is 12.1. The van der Waals surface area contributed by atoms with Crippen LogP contribution in [-0.4, -0.2) is 83.2 Å². The molecule has 0 bridgehead atoms. The summed E-state index contributed by atoms with van der Waals surface area (Å²) in [7, 11) is 3.21. The fraction of sp³-hybridized carbons (Fsp3) is 0.559. The van der Waals surface area contributed by atoms with Crippen molar-refractivity contribution in [2.75, 3.05) is 60.4 Å². The van der Waals surface area contributed by atoms with Gasteiger partial charge in [-0.25, -0.2) is 4.79 Å². The third-order valence-electron chi connectivity index (χ3n) is 7.05. The Labute approximate surface area is 256 Å². The van der Waals surface area contributed by atoms with E-state index in [0.717, 1.165) is 66.7 Å². The van der Waals surface area contributed by atoms with Crippen LogP contribution in [0, 0.1) is 6.92 Å². The molecule has 1 atom stereocenters. The highest BCUT2D eigenvalue weighted by Crippen LogP contribution is 2.45. The molecule has 43 heavy (non-hydrogen) atoms. The molecule has 2 N–H and O–H groups in total. The highest BCUT2D eigenvalue weighted by molar-refractivity contribution is 5.97. The van der Waals surface area contributed by atoms with E-state index in [1.807, 2.05) is 25.1 Å². The summed E-state index contributed by atoms with van der Waals surface area (Å²) in [4.78, 5) is 34.9. The standard InChI is InChI=1S/C25H31NO5.C9H18O3/c1-17-7-9-19-20-10-8-18(24(28)6-5-13-30-12-4-3-11-27)15-22(20)23(21(19)14-17)16-31-25(29)26-2;1-9(10)5-3-7-12-8-4-6-11-2/h7-10,14-15,23,27H,3-6,11-13,16H2,1-2H3,(H,26,29);3-8H2,1-2H3. The minimum Gasteiger partial charge on any atom is -0.449 e. The van der Waals surface area contributed by atoms with Crippen molar-refractivity contribution in [3.8, 4) is 11.1 Å². The largest absolute Gasteiger partial charge is 0.449 e. The number of carbonyl (C=O) groups is 3. The summed E-state index contributed by atoms with van der Waals surface area (Å²) in [6.45, 7) is 7.35. The first-order valence-electron chi connectivity index (χ1n) is 15.2. The second kappa shape index (κ2) is 20.7. The molecule has 1 aliphatic carbocycles. The normalized spacial score (nSPS) is 13.0. The molecule has 0 fully saturated rings. The Kier molecular flexibility index (Phi) is 17.4. The number of alkyl carbamates (subject to hydrolysis) is 1. The van der Waals surface area contributed by atoms with Gasteiger partial charge >= 0.3 is 6.09 Å². The van der Waals surface area contributed by atoms with Crippen LogP contribution in [0.3, 0.4) is 0 Å². The lowest BCUT2D eigenvalue weighted by Gasteiger charge is -2.15. The van der Waals surface area contributed by atoms with Crippen LogP contribution in [-0.2, 0) is 23.7 Å². The summed E-state index contributed by atoms with van der Waals surface area (Å²) < 4.78 is 21.0. The number of ketones is 2. The molecule has 0 saturated carbocycles. The van der Waals surface area contributed by atoms with E-state index in [1.165, 1.54) is 7.05 Å². The third-order valence-corrected chi connectivity index (χ3v) is 7.05. The number of hydrogen-bond donors (Lipinski definition) is 2. The van der Waals surface area contributed by atoms with Crippen molar-refractivity contribution in [1.82, 2.24) is 5.32 Å². The molecule has 0 spiro atoms. The number of hydrogen-bond acceptors (Lipinski definition) is 8. The number of methoxy groups -OCH3 is 1. The average molecular weight is 600 g/mol. The van der Waals surface area contributed by atoms with Gasteiger partial charge in [0.15, 0.2) is 5.78 Å². The van der Waals surface area contributed by atoms with Gasteiger partial charge in [0.2, 0.25) is 0 Å². The molecule has 0 heterocycles. The van der Waals surface area contributed by atoms with Crippen molar-refractivity contribution in [2.45, 2.75) is 64.7 Å². The van der Waals surface area contributed by atoms with Crippen LogP contribution in [0.2, 0.25) is 0 Å².